The van der Waals surface area contributed by atoms with Crippen LogP contribution in [0.1, 0.15) is 50.8 Å². The van der Waals surface area contributed by atoms with Crippen molar-refractivity contribution in [3.8, 4) is 5.88 Å². The molecule has 0 aliphatic rings. The van der Waals surface area contributed by atoms with Crippen LogP contribution in [0.3, 0.4) is 0 Å². The highest BCUT2D eigenvalue weighted by Gasteiger charge is 2.34. The van der Waals surface area contributed by atoms with Crippen LogP contribution in [0.25, 0.3) is 0 Å². The lowest BCUT2D eigenvalue weighted by Gasteiger charge is -2.34. The summed E-state index contributed by atoms with van der Waals surface area (Å²) < 4.78 is 25.5. The largest absolute Gasteiger partial charge is 0.481 e. The van der Waals surface area contributed by atoms with E-state index >= 15 is 0 Å². The Morgan fingerprint density at radius 3 is 2.29 bits per heavy atom. The number of hydrogen-bond donors (Lipinski definition) is 0. The minimum Gasteiger partial charge on any atom is -0.481 e. The van der Waals surface area contributed by atoms with Crippen LogP contribution >= 0.6 is 11.6 Å². The third-order valence-corrected chi connectivity index (χ3v) is 10.6. The second-order valence-electron chi connectivity index (χ2n) is 7.08. The Hall–Kier alpha value is -1.43. The third kappa shape index (κ3) is 5.78. The third-order valence-electron chi connectivity index (χ3n) is 5.59. The molecule has 0 bridgehead atoms. The van der Waals surface area contributed by atoms with Crippen LogP contribution < -0.4 is 4.74 Å². The normalized spacial score (nSPS) is 12.8. The van der Waals surface area contributed by atoms with E-state index in [1.54, 1.807) is 19.4 Å². The number of ether oxygens (including phenoxy) is 1. The molecule has 28 heavy (non-hydrogen) atoms. The highest BCUT2D eigenvalue weighted by molar-refractivity contribution is 6.73. The molecule has 0 aliphatic carbocycles. The van der Waals surface area contributed by atoms with Gasteiger partial charge in [0, 0.05) is 6.20 Å². The van der Waals surface area contributed by atoms with E-state index in [1.807, 2.05) is 12.1 Å². The molecule has 0 saturated carbocycles. The fourth-order valence-corrected chi connectivity index (χ4v) is 6.69. The second kappa shape index (κ2) is 10.9. The molecule has 2 aromatic rings. The number of pyridine rings is 1. The van der Waals surface area contributed by atoms with Crippen molar-refractivity contribution in [2.45, 2.75) is 64.3 Å². The van der Waals surface area contributed by atoms with Crippen molar-refractivity contribution in [3.05, 3.63) is 58.5 Å². The topological polar surface area (TPSA) is 31.4 Å². The highest BCUT2D eigenvalue weighted by atomic mass is 35.5. The van der Waals surface area contributed by atoms with Crippen molar-refractivity contribution >= 4 is 19.9 Å². The first-order valence-electron chi connectivity index (χ1n) is 10.1. The first kappa shape index (κ1) is 22.9. The van der Waals surface area contributed by atoms with Gasteiger partial charge >= 0.3 is 0 Å². The van der Waals surface area contributed by atoms with Crippen molar-refractivity contribution in [1.82, 2.24) is 4.98 Å². The first-order chi connectivity index (χ1) is 13.5. The van der Waals surface area contributed by atoms with Gasteiger partial charge in [0.15, 0.2) is 8.32 Å². The minimum absolute atomic E-state index is 0.150. The summed E-state index contributed by atoms with van der Waals surface area (Å²) in [5.41, 5.74) is 1.97. The lowest BCUT2D eigenvalue weighted by Crippen LogP contribution is -2.37. The van der Waals surface area contributed by atoms with Crippen molar-refractivity contribution in [2.75, 3.05) is 7.11 Å². The quantitative estimate of drug-likeness (QED) is 0.365. The van der Waals surface area contributed by atoms with Gasteiger partial charge in [-0.3, -0.25) is 0 Å². The molecule has 1 atom stereocenters. The Kier molecular flexibility index (Phi) is 8.92. The van der Waals surface area contributed by atoms with Crippen LogP contribution in [0.5, 0.6) is 5.88 Å². The van der Waals surface area contributed by atoms with Gasteiger partial charge in [-0.05, 0) is 61.2 Å². The zero-order valence-corrected chi connectivity index (χ0v) is 19.1. The number of aryl methyl sites for hydroxylation is 1. The van der Waals surface area contributed by atoms with Crippen LogP contribution in [0, 0.1) is 5.82 Å². The van der Waals surface area contributed by atoms with Crippen LogP contribution in [0.2, 0.25) is 23.2 Å². The van der Waals surface area contributed by atoms with E-state index in [0.29, 0.717) is 10.9 Å². The van der Waals surface area contributed by atoms with Gasteiger partial charge in [0.2, 0.25) is 5.88 Å². The van der Waals surface area contributed by atoms with E-state index in [-0.39, 0.29) is 11.9 Å². The van der Waals surface area contributed by atoms with E-state index in [1.165, 1.54) is 12.1 Å². The summed E-state index contributed by atoms with van der Waals surface area (Å²) in [5.74, 6) is 0.326. The zero-order chi connectivity index (χ0) is 20.6. The summed E-state index contributed by atoms with van der Waals surface area (Å²) in [4.78, 5) is 4.35. The van der Waals surface area contributed by atoms with Crippen LogP contribution in [0.15, 0.2) is 36.5 Å². The number of halogens is 2. The number of methoxy groups -OCH3 is 1. The molecule has 0 spiro atoms. The maximum atomic E-state index is 13.1. The molecule has 0 aliphatic heterocycles. The standard InChI is InChI=1S/C22H31ClFNO2Si/c1-5-28(6-2,7-3)27-20(21-19(23)15-16-25-22(21)26-4)10-8-9-17-11-13-18(24)14-12-17/h11-16,20H,5-10H2,1-4H3. The fraction of sp³-hybridized carbons (Fsp3) is 0.500. The van der Waals surface area contributed by atoms with Crippen molar-refractivity contribution in [2.24, 2.45) is 0 Å². The first-order valence-corrected chi connectivity index (χ1v) is 13.0. The number of aromatic nitrogens is 1. The molecule has 154 valence electrons. The summed E-state index contributed by atoms with van der Waals surface area (Å²) in [6.45, 7) is 6.66. The zero-order valence-electron chi connectivity index (χ0n) is 17.3. The smallest absolute Gasteiger partial charge is 0.220 e. The van der Waals surface area contributed by atoms with E-state index in [2.05, 4.69) is 25.8 Å². The molecule has 0 radical (unpaired) electrons. The summed E-state index contributed by atoms with van der Waals surface area (Å²) >= 11 is 6.55. The number of rotatable bonds is 11. The predicted octanol–water partition coefficient (Wildman–Crippen LogP) is 6.97. The maximum absolute atomic E-state index is 13.1. The van der Waals surface area contributed by atoms with E-state index < -0.39 is 8.32 Å². The number of hydrogen-bond acceptors (Lipinski definition) is 3. The van der Waals surface area contributed by atoms with Crippen LogP contribution in [-0.2, 0) is 10.8 Å². The molecule has 6 heteroatoms. The Balaban J connectivity index is 2.24. The average Bonchev–Trinajstić information content (AvgIpc) is 2.72. The second-order valence-corrected chi connectivity index (χ2v) is 12.2. The van der Waals surface area contributed by atoms with Crippen molar-refractivity contribution in [1.29, 1.82) is 0 Å². The lowest BCUT2D eigenvalue weighted by molar-refractivity contribution is 0.171. The molecule has 2 rings (SSSR count). The molecule has 1 unspecified atom stereocenters. The molecule has 1 aromatic carbocycles. The predicted molar refractivity (Wildman–Crippen MR) is 116 cm³/mol. The van der Waals surface area contributed by atoms with Crippen molar-refractivity contribution < 1.29 is 13.6 Å². The van der Waals surface area contributed by atoms with Gasteiger partial charge in [0.25, 0.3) is 0 Å². The molecular weight excluding hydrogens is 393 g/mol. The van der Waals surface area contributed by atoms with Crippen LogP contribution in [0.4, 0.5) is 4.39 Å². The van der Waals surface area contributed by atoms with E-state index in [4.69, 9.17) is 20.8 Å². The summed E-state index contributed by atoms with van der Waals surface area (Å²) in [5, 5.41) is 0.629. The molecule has 0 fully saturated rings. The molecule has 0 saturated heterocycles. The summed E-state index contributed by atoms with van der Waals surface area (Å²) in [6, 6.07) is 11.7. The number of benzene rings is 1. The van der Waals surface area contributed by atoms with Gasteiger partial charge in [-0.15, -0.1) is 0 Å². The molecule has 1 aromatic heterocycles. The molecule has 1 heterocycles. The summed E-state index contributed by atoms with van der Waals surface area (Å²) in [6.07, 6.45) is 4.09. The number of nitrogens with zero attached hydrogens (tertiary/aromatic N) is 1. The van der Waals surface area contributed by atoms with Crippen LogP contribution in [-0.4, -0.2) is 20.4 Å². The van der Waals surface area contributed by atoms with Gasteiger partial charge in [0.1, 0.15) is 5.82 Å². The van der Waals surface area contributed by atoms with Gasteiger partial charge in [-0.2, -0.15) is 0 Å². The van der Waals surface area contributed by atoms with E-state index in [9.17, 15) is 4.39 Å². The Labute approximate surface area is 174 Å². The molecular formula is C22H31ClFNO2Si. The average molecular weight is 424 g/mol. The van der Waals surface area contributed by atoms with Gasteiger partial charge in [0.05, 0.1) is 23.8 Å². The highest BCUT2D eigenvalue weighted by Crippen LogP contribution is 2.39. The Morgan fingerprint density at radius 2 is 1.71 bits per heavy atom. The Bertz CT molecular complexity index is 730. The minimum atomic E-state index is -1.85. The molecule has 0 amide bonds. The molecule has 0 N–H and O–H groups in total. The SMILES string of the molecule is CC[Si](CC)(CC)OC(CCCc1ccc(F)cc1)c1c(Cl)ccnc1OC. The van der Waals surface area contributed by atoms with Gasteiger partial charge in [-0.25, -0.2) is 9.37 Å². The summed E-state index contributed by atoms with van der Waals surface area (Å²) in [7, 11) is -0.237. The Morgan fingerprint density at radius 1 is 1.07 bits per heavy atom. The maximum Gasteiger partial charge on any atom is 0.220 e. The monoisotopic (exact) mass is 423 g/mol. The molecule has 3 nitrogen and oxygen atoms in total. The lowest BCUT2D eigenvalue weighted by atomic mass is 10.0. The van der Waals surface area contributed by atoms with Crippen molar-refractivity contribution in [3.63, 3.8) is 0 Å². The fourth-order valence-electron chi connectivity index (χ4n) is 3.59. The van der Waals surface area contributed by atoms with Gasteiger partial charge in [-0.1, -0.05) is 44.5 Å². The van der Waals surface area contributed by atoms with Gasteiger partial charge < -0.3 is 9.16 Å². The van der Waals surface area contributed by atoms with E-state index in [0.717, 1.165) is 48.5 Å².